The normalized spacial score (nSPS) is 10.0. The zero-order chi connectivity index (χ0) is 12.1. The third-order valence-corrected chi connectivity index (χ3v) is 2.61. The first-order valence-corrected chi connectivity index (χ1v) is 5.35. The molecule has 16 heavy (non-hydrogen) atoms. The number of hydrogen-bond donors (Lipinski definition) is 1. The van der Waals surface area contributed by atoms with Crippen molar-refractivity contribution in [3.05, 3.63) is 28.2 Å². The molecule has 0 aliphatic rings. The lowest BCUT2D eigenvalue weighted by Gasteiger charge is -2.10. The van der Waals surface area contributed by atoms with Crippen molar-refractivity contribution < 1.29 is 9.53 Å². The lowest BCUT2D eigenvalue weighted by molar-refractivity contribution is -0.130. The maximum atomic E-state index is 11.1. The van der Waals surface area contributed by atoms with Crippen molar-refractivity contribution in [3.63, 3.8) is 0 Å². The number of halogens is 2. The molecule has 0 aliphatic heterocycles. The quantitative estimate of drug-likeness (QED) is 0.514. The van der Waals surface area contributed by atoms with Gasteiger partial charge in [0, 0.05) is 13.1 Å². The highest BCUT2D eigenvalue weighted by molar-refractivity contribution is 6.42. The van der Waals surface area contributed by atoms with E-state index in [2.05, 4.69) is 0 Å². The van der Waals surface area contributed by atoms with E-state index in [0.717, 1.165) is 5.01 Å². The molecule has 0 fully saturated rings. The molecule has 0 aromatic heterocycles. The fourth-order valence-corrected chi connectivity index (χ4v) is 1.29. The Hall–Kier alpha value is -0.970. The Morgan fingerprint density at radius 3 is 2.69 bits per heavy atom. The second kappa shape index (κ2) is 5.94. The van der Waals surface area contributed by atoms with Gasteiger partial charge in [0.2, 0.25) is 5.91 Å². The van der Waals surface area contributed by atoms with E-state index in [-0.39, 0.29) is 18.9 Å². The molecule has 0 saturated heterocycles. The second-order valence-corrected chi connectivity index (χ2v) is 3.99. The monoisotopic (exact) mass is 262 g/mol. The van der Waals surface area contributed by atoms with Gasteiger partial charge in [-0.15, -0.1) is 0 Å². The molecule has 0 bridgehead atoms. The summed E-state index contributed by atoms with van der Waals surface area (Å²) < 4.78 is 5.32. The minimum Gasteiger partial charge on any atom is -0.493 e. The largest absolute Gasteiger partial charge is 0.493 e. The molecule has 0 radical (unpaired) electrons. The fraction of sp³-hybridized carbons (Fsp3) is 0.300. The summed E-state index contributed by atoms with van der Waals surface area (Å²) in [6.07, 6.45) is 0.216. The summed E-state index contributed by atoms with van der Waals surface area (Å²) in [5.74, 6) is 5.63. The van der Waals surface area contributed by atoms with Gasteiger partial charge in [-0.2, -0.15) is 0 Å². The van der Waals surface area contributed by atoms with Crippen molar-refractivity contribution in [2.24, 2.45) is 5.84 Å². The summed E-state index contributed by atoms with van der Waals surface area (Å²) in [6.45, 7) is 0.248. The Morgan fingerprint density at radius 2 is 2.12 bits per heavy atom. The van der Waals surface area contributed by atoms with Crippen LogP contribution in [0.3, 0.4) is 0 Å². The van der Waals surface area contributed by atoms with Gasteiger partial charge in [-0.25, -0.2) is 5.84 Å². The molecule has 88 valence electrons. The van der Waals surface area contributed by atoms with E-state index < -0.39 is 0 Å². The van der Waals surface area contributed by atoms with Gasteiger partial charge in [0.25, 0.3) is 0 Å². The van der Waals surface area contributed by atoms with E-state index in [1.165, 1.54) is 7.05 Å². The van der Waals surface area contributed by atoms with Crippen molar-refractivity contribution in [3.8, 4) is 5.75 Å². The Labute approximate surface area is 104 Å². The lowest BCUT2D eigenvalue weighted by atomic mass is 10.3. The number of hydrazine groups is 1. The third-order valence-electron chi connectivity index (χ3n) is 1.87. The summed E-state index contributed by atoms with van der Waals surface area (Å²) in [5, 5.41) is 1.91. The first kappa shape index (κ1) is 13.1. The van der Waals surface area contributed by atoms with Crippen molar-refractivity contribution in [2.75, 3.05) is 13.7 Å². The van der Waals surface area contributed by atoms with Gasteiger partial charge >= 0.3 is 0 Å². The Balaban J connectivity index is 2.43. The van der Waals surface area contributed by atoms with Gasteiger partial charge in [-0.05, 0) is 12.1 Å². The van der Waals surface area contributed by atoms with Crippen LogP contribution < -0.4 is 10.6 Å². The molecular formula is C10H12Cl2N2O2. The maximum Gasteiger partial charge on any atom is 0.239 e. The molecule has 1 aromatic carbocycles. The van der Waals surface area contributed by atoms with Crippen LogP contribution in [0.5, 0.6) is 5.75 Å². The Kier molecular flexibility index (Phi) is 4.86. The first-order chi connectivity index (χ1) is 7.50. The van der Waals surface area contributed by atoms with Crippen LogP contribution in [-0.2, 0) is 4.79 Å². The van der Waals surface area contributed by atoms with Gasteiger partial charge in [-0.1, -0.05) is 23.2 Å². The smallest absolute Gasteiger partial charge is 0.239 e. The minimum absolute atomic E-state index is 0.194. The molecule has 0 aliphatic carbocycles. The maximum absolute atomic E-state index is 11.1. The summed E-state index contributed by atoms with van der Waals surface area (Å²) in [4.78, 5) is 11.1. The molecule has 6 heteroatoms. The number of carbonyl (C=O) groups is 1. The van der Waals surface area contributed by atoms with E-state index in [1.54, 1.807) is 18.2 Å². The minimum atomic E-state index is -0.194. The Bertz CT molecular complexity index is 383. The average Bonchev–Trinajstić information content (AvgIpc) is 2.23. The van der Waals surface area contributed by atoms with Crippen LogP contribution in [0.1, 0.15) is 6.42 Å². The summed E-state index contributed by atoms with van der Waals surface area (Å²) in [6, 6.07) is 4.92. The summed E-state index contributed by atoms with van der Waals surface area (Å²) in [5.41, 5.74) is 0. The third kappa shape index (κ3) is 3.89. The van der Waals surface area contributed by atoms with Gasteiger partial charge in [0.15, 0.2) is 0 Å². The molecule has 4 nitrogen and oxygen atoms in total. The van der Waals surface area contributed by atoms with Crippen molar-refractivity contribution in [1.82, 2.24) is 5.01 Å². The summed E-state index contributed by atoms with van der Waals surface area (Å²) in [7, 11) is 1.49. The molecule has 0 spiro atoms. The SMILES string of the molecule is CN(N)C(=O)CCOc1ccc(Cl)c(Cl)c1. The van der Waals surface area contributed by atoms with Gasteiger partial charge in [-0.3, -0.25) is 9.80 Å². The van der Waals surface area contributed by atoms with Crippen molar-refractivity contribution in [1.29, 1.82) is 0 Å². The van der Waals surface area contributed by atoms with E-state index in [9.17, 15) is 4.79 Å². The first-order valence-electron chi connectivity index (χ1n) is 4.60. The number of benzene rings is 1. The summed E-state index contributed by atoms with van der Waals surface area (Å²) >= 11 is 11.5. The van der Waals surface area contributed by atoms with Gasteiger partial charge in [0.05, 0.1) is 23.1 Å². The number of carbonyl (C=O) groups excluding carboxylic acids is 1. The van der Waals surface area contributed by atoms with Crippen molar-refractivity contribution in [2.45, 2.75) is 6.42 Å². The molecular weight excluding hydrogens is 251 g/mol. The molecule has 0 heterocycles. The number of hydrogen-bond acceptors (Lipinski definition) is 3. The van der Waals surface area contributed by atoms with E-state index in [0.29, 0.717) is 15.8 Å². The molecule has 1 rings (SSSR count). The molecule has 0 unspecified atom stereocenters. The van der Waals surface area contributed by atoms with Crippen LogP contribution in [-0.4, -0.2) is 24.6 Å². The average molecular weight is 263 g/mol. The van der Waals surface area contributed by atoms with E-state index >= 15 is 0 Å². The second-order valence-electron chi connectivity index (χ2n) is 3.18. The fourth-order valence-electron chi connectivity index (χ4n) is 0.999. The number of ether oxygens (including phenoxy) is 1. The standard InChI is InChI=1S/C10H12Cl2N2O2/c1-14(13)10(15)4-5-16-7-2-3-8(11)9(12)6-7/h2-3,6H,4-5,13H2,1H3. The highest BCUT2D eigenvalue weighted by Crippen LogP contribution is 2.26. The lowest BCUT2D eigenvalue weighted by Crippen LogP contribution is -2.33. The predicted octanol–water partition coefficient (Wildman–Crippen LogP) is 2.09. The predicted molar refractivity (Wildman–Crippen MR) is 63.5 cm³/mol. The molecule has 1 aromatic rings. The molecule has 1 amide bonds. The topological polar surface area (TPSA) is 55.6 Å². The van der Waals surface area contributed by atoms with Crippen LogP contribution in [0, 0.1) is 0 Å². The van der Waals surface area contributed by atoms with E-state index in [1.807, 2.05) is 0 Å². The number of rotatable bonds is 4. The Morgan fingerprint density at radius 1 is 1.44 bits per heavy atom. The van der Waals surface area contributed by atoms with Crippen LogP contribution in [0.25, 0.3) is 0 Å². The molecule has 0 saturated carbocycles. The zero-order valence-corrected chi connectivity index (χ0v) is 10.3. The van der Waals surface area contributed by atoms with Crippen LogP contribution in [0.2, 0.25) is 10.0 Å². The number of nitrogens with zero attached hydrogens (tertiary/aromatic N) is 1. The van der Waals surface area contributed by atoms with Gasteiger partial charge < -0.3 is 4.74 Å². The molecule has 2 N–H and O–H groups in total. The highest BCUT2D eigenvalue weighted by atomic mass is 35.5. The van der Waals surface area contributed by atoms with E-state index in [4.69, 9.17) is 33.8 Å². The van der Waals surface area contributed by atoms with Gasteiger partial charge in [0.1, 0.15) is 5.75 Å². The zero-order valence-electron chi connectivity index (χ0n) is 8.74. The molecule has 0 atom stereocenters. The van der Waals surface area contributed by atoms with Crippen LogP contribution in [0.15, 0.2) is 18.2 Å². The van der Waals surface area contributed by atoms with Crippen molar-refractivity contribution >= 4 is 29.1 Å². The number of nitrogens with two attached hydrogens (primary N) is 1. The van der Waals surface area contributed by atoms with Crippen LogP contribution in [0.4, 0.5) is 0 Å². The number of amides is 1. The van der Waals surface area contributed by atoms with Crippen LogP contribution >= 0.6 is 23.2 Å². The highest BCUT2D eigenvalue weighted by Gasteiger charge is 2.05.